The normalized spacial score (nSPS) is 25.2. The number of carbonyl (C=O) groups excluding carboxylic acids is 1. The van der Waals surface area contributed by atoms with Crippen LogP contribution < -0.4 is 0 Å². The van der Waals surface area contributed by atoms with E-state index in [9.17, 15) is 13.4 Å². The average molecular weight is 285 g/mol. The van der Waals surface area contributed by atoms with E-state index in [1.807, 2.05) is 6.92 Å². The number of halogens is 1. The number of hydrogen-bond donors (Lipinski definition) is 0. The summed E-state index contributed by atoms with van der Waals surface area (Å²) in [6.45, 7) is 1.92. The fourth-order valence-electron chi connectivity index (χ4n) is 2.27. The van der Waals surface area contributed by atoms with Crippen molar-refractivity contribution in [3.63, 3.8) is 0 Å². The molecule has 6 heteroatoms. The lowest BCUT2D eigenvalue weighted by atomic mass is 10.2. The van der Waals surface area contributed by atoms with Gasteiger partial charge in [0.15, 0.2) is 0 Å². The first kappa shape index (κ1) is 14.1. The number of carbonyl (C=O) groups is 1. The van der Waals surface area contributed by atoms with Crippen LogP contribution in [0.3, 0.4) is 0 Å². The predicted octanol–water partition coefficient (Wildman–Crippen LogP) is 1.87. The van der Waals surface area contributed by atoms with Crippen LogP contribution in [0.25, 0.3) is 0 Å². The van der Waals surface area contributed by atoms with Crippen molar-refractivity contribution in [3.05, 3.63) is 30.1 Å². The third-order valence-corrected chi connectivity index (χ3v) is 4.95. The zero-order valence-electron chi connectivity index (χ0n) is 10.8. The molecule has 3 unspecified atom stereocenters. The highest BCUT2D eigenvalue weighted by molar-refractivity contribution is 7.82. The summed E-state index contributed by atoms with van der Waals surface area (Å²) in [5.41, 5.74) is 0. The van der Waals surface area contributed by atoms with Crippen LogP contribution in [-0.2, 0) is 20.5 Å². The summed E-state index contributed by atoms with van der Waals surface area (Å²) in [5.74, 6) is -0.750. The van der Waals surface area contributed by atoms with E-state index in [-0.39, 0.29) is 17.8 Å². The van der Waals surface area contributed by atoms with Crippen LogP contribution >= 0.6 is 0 Å². The molecule has 1 fully saturated rings. The quantitative estimate of drug-likeness (QED) is 0.797. The lowest BCUT2D eigenvalue weighted by molar-refractivity contribution is -0.144. The summed E-state index contributed by atoms with van der Waals surface area (Å²) < 4.78 is 31.8. The Morgan fingerprint density at radius 1 is 1.37 bits per heavy atom. The molecular weight excluding hydrogens is 269 g/mol. The molecule has 3 atom stereocenters. The smallest absolute Gasteiger partial charge is 0.324 e. The van der Waals surface area contributed by atoms with Gasteiger partial charge in [0.1, 0.15) is 22.8 Å². The summed E-state index contributed by atoms with van der Waals surface area (Å²) in [6, 6.07) is 5.01. The molecule has 0 aliphatic carbocycles. The van der Waals surface area contributed by atoms with E-state index in [2.05, 4.69) is 0 Å². The van der Waals surface area contributed by atoms with E-state index < -0.39 is 17.0 Å². The molecule has 1 saturated heterocycles. The second-order valence-electron chi connectivity index (χ2n) is 4.53. The third-order valence-electron chi connectivity index (χ3n) is 3.28. The molecule has 2 rings (SSSR count). The second kappa shape index (κ2) is 5.79. The maximum Gasteiger partial charge on any atom is 0.324 e. The molecule has 1 aromatic rings. The van der Waals surface area contributed by atoms with Crippen LogP contribution in [0.2, 0.25) is 0 Å². The average Bonchev–Trinajstić information content (AvgIpc) is 2.80. The van der Waals surface area contributed by atoms with Crippen LogP contribution in [0.5, 0.6) is 0 Å². The van der Waals surface area contributed by atoms with Crippen LogP contribution in [0, 0.1) is 5.82 Å². The second-order valence-corrected chi connectivity index (χ2v) is 5.92. The van der Waals surface area contributed by atoms with Crippen molar-refractivity contribution >= 4 is 17.0 Å². The predicted molar refractivity (Wildman–Crippen MR) is 69.1 cm³/mol. The summed E-state index contributed by atoms with van der Waals surface area (Å²) in [4.78, 5) is 12.2. The number of esters is 1. The molecule has 1 aliphatic heterocycles. The van der Waals surface area contributed by atoms with E-state index in [0.717, 1.165) is 6.42 Å². The van der Waals surface area contributed by atoms with E-state index in [1.165, 1.54) is 31.4 Å². The SMILES string of the molecule is COC(=O)C1CCC(C)N1S(=O)c1ccc(F)cc1. The number of nitrogens with zero attached hydrogens (tertiary/aromatic N) is 1. The Hall–Kier alpha value is -1.27. The Kier molecular flexibility index (Phi) is 4.31. The minimum atomic E-state index is -1.48. The zero-order valence-corrected chi connectivity index (χ0v) is 11.7. The summed E-state index contributed by atoms with van der Waals surface area (Å²) >= 11 is 0. The molecule has 0 amide bonds. The lowest BCUT2D eigenvalue weighted by Crippen LogP contribution is -2.41. The molecule has 0 radical (unpaired) electrons. The summed E-state index contributed by atoms with van der Waals surface area (Å²) in [7, 11) is -0.160. The maximum absolute atomic E-state index is 12.9. The first-order valence-electron chi connectivity index (χ1n) is 6.08. The van der Waals surface area contributed by atoms with Gasteiger partial charge in [-0.2, -0.15) is 0 Å². The van der Waals surface area contributed by atoms with E-state index in [0.29, 0.717) is 11.3 Å². The molecule has 1 aromatic carbocycles. The topological polar surface area (TPSA) is 46.6 Å². The van der Waals surface area contributed by atoms with Gasteiger partial charge in [0.05, 0.1) is 12.0 Å². The Bertz CT molecular complexity index is 491. The van der Waals surface area contributed by atoms with Crippen molar-refractivity contribution in [1.82, 2.24) is 4.31 Å². The molecule has 0 bridgehead atoms. The largest absolute Gasteiger partial charge is 0.468 e. The number of benzene rings is 1. The van der Waals surface area contributed by atoms with Gasteiger partial charge in [0, 0.05) is 6.04 Å². The summed E-state index contributed by atoms with van der Waals surface area (Å²) in [6.07, 6.45) is 1.41. The van der Waals surface area contributed by atoms with Gasteiger partial charge in [-0.25, -0.2) is 12.9 Å². The Morgan fingerprint density at radius 2 is 2.00 bits per heavy atom. The van der Waals surface area contributed by atoms with Crippen LogP contribution in [-0.4, -0.2) is 33.7 Å². The van der Waals surface area contributed by atoms with Gasteiger partial charge >= 0.3 is 5.97 Å². The molecule has 0 aromatic heterocycles. The molecule has 0 saturated carbocycles. The van der Waals surface area contributed by atoms with Crippen molar-refractivity contribution in [2.45, 2.75) is 36.7 Å². The molecule has 1 heterocycles. The minimum absolute atomic E-state index is 0.0231. The molecule has 4 nitrogen and oxygen atoms in total. The first-order chi connectivity index (χ1) is 9.04. The first-order valence-corrected chi connectivity index (χ1v) is 7.19. The number of rotatable bonds is 3. The van der Waals surface area contributed by atoms with Crippen molar-refractivity contribution in [2.75, 3.05) is 7.11 Å². The van der Waals surface area contributed by atoms with Crippen molar-refractivity contribution < 1.29 is 18.1 Å². The van der Waals surface area contributed by atoms with Crippen molar-refractivity contribution in [3.8, 4) is 0 Å². The van der Waals surface area contributed by atoms with E-state index in [4.69, 9.17) is 4.74 Å². The van der Waals surface area contributed by atoms with Gasteiger partial charge in [-0.1, -0.05) is 0 Å². The maximum atomic E-state index is 12.9. The monoisotopic (exact) mass is 285 g/mol. The Morgan fingerprint density at radius 3 is 2.58 bits per heavy atom. The summed E-state index contributed by atoms with van der Waals surface area (Å²) in [5, 5.41) is 0. The number of ether oxygens (including phenoxy) is 1. The van der Waals surface area contributed by atoms with Crippen LogP contribution in [0.1, 0.15) is 19.8 Å². The van der Waals surface area contributed by atoms with E-state index >= 15 is 0 Å². The molecule has 104 valence electrons. The molecular formula is C13H16FNO3S. The lowest BCUT2D eigenvalue weighted by Gasteiger charge is -2.25. The third kappa shape index (κ3) is 2.84. The van der Waals surface area contributed by atoms with Gasteiger partial charge in [-0.05, 0) is 44.0 Å². The molecule has 0 N–H and O–H groups in total. The highest BCUT2D eigenvalue weighted by Crippen LogP contribution is 2.29. The molecule has 19 heavy (non-hydrogen) atoms. The fourth-order valence-corrected chi connectivity index (χ4v) is 3.74. The van der Waals surface area contributed by atoms with Crippen LogP contribution in [0.15, 0.2) is 29.2 Å². The van der Waals surface area contributed by atoms with Crippen LogP contribution in [0.4, 0.5) is 4.39 Å². The zero-order chi connectivity index (χ0) is 14.0. The minimum Gasteiger partial charge on any atom is -0.468 e. The molecule has 1 aliphatic rings. The Balaban J connectivity index is 2.25. The Labute approximate surface area is 114 Å². The van der Waals surface area contributed by atoms with Gasteiger partial charge in [-0.3, -0.25) is 4.79 Å². The highest BCUT2D eigenvalue weighted by atomic mass is 32.2. The standard InChI is InChI=1S/C13H16FNO3S/c1-9-3-8-12(13(16)18-2)15(9)19(17)11-6-4-10(14)5-7-11/h4-7,9,12H,3,8H2,1-2H3. The number of methoxy groups -OCH3 is 1. The van der Waals surface area contributed by atoms with E-state index in [1.54, 1.807) is 4.31 Å². The number of hydrogen-bond acceptors (Lipinski definition) is 3. The van der Waals surface area contributed by atoms with Gasteiger partial charge in [0.25, 0.3) is 0 Å². The van der Waals surface area contributed by atoms with Crippen molar-refractivity contribution in [2.24, 2.45) is 0 Å². The molecule has 0 spiro atoms. The highest BCUT2D eigenvalue weighted by Gasteiger charge is 2.40. The fraction of sp³-hybridized carbons (Fsp3) is 0.462. The van der Waals surface area contributed by atoms with Gasteiger partial charge in [0.2, 0.25) is 0 Å². The van der Waals surface area contributed by atoms with Crippen molar-refractivity contribution in [1.29, 1.82) is 0 Å². The van der Waals surface area contributed by atoms with Gasteiger partial charge < -0.3 is 4.74 Å². The van der Waals surface area contributed by atoms with Gasteiger partial charge in [-0.15, -0.1) is 0 Å².